The highest BCUT2D eigenvalue weighted by Crippen LogP contribution is 2.27. The summed E-state index contributed by atoms with van der Waals surface area (Å²) >= 11 is 1.42. The van der Waals surface area contributed by atoms with Gasteiger partial charge in [-0.3, -0.25) is 5.43 Å². The van der Waals surface area contributed by atoms with Gasteiger partial charge in [-0.15, -0.1) is 11.3 Å². The van der Waals surface area contributed by atoms with Crippen LogP contribution >= 0.6 is 11.3 Å². The average molecular weight is 459 g/mol. The number of rotatable bonds is 7. The van der Waals surface area contributed by atoms with Gasteiger partial charge in [-0.2, -0.15) is 9.41 Å². The summed E-state index contributed by atoms with van der Waals surface area (Å²) in [7, 11) is -1.88. The van der Waals surface area contributed by atoms with Crippen LogP contribution in [0.25, 0.3) is 11.3 Å². The predicted molar refractivity (Wildman–Crippen MR) is 121 cm³/mol. The number of nitrogens with one attached hydrogen (secondary N) is 1. The Labute approximate surface area is 185 Å². The second-order valence-corrected chi connectivity index (χ2v) is 9.52. The number of hydrazone groups is 1. The molecule has 0 unspecified atom stereocenters. The molecule has 1 fully saturated rings. The number of benzene rings is 2. The van der Waals surface area contributed by atoms with Crippen molar-refractivity contribution in [3.63, 3.8) is 0 Å². The Bertz CT molecular complexity index is 1140. The van der Waals surface area contributed by atoms with Crippen molar-refractivity contribution in [3.8, 4) is 17.0 Å². The Hall–Kier alpha value is -2.79. The minimum Gasteiger partial charge on any atom is -0.497 e. The number of hydrogen-bond acceptors (Lipinski definition) is 8. The van der Waals surface area contributed by atoms with Gasteiger partial charge in [0.25, 0.3) is 0 Å². The van der Waals surface area contributed by atoms with Crippen LogP contribution in [0.4, 0.5) is 5.13 Å². The van der Waals surface area contributed by atoms with E-state index >= 15 is 0 Å². The molecule has 2 aromatic carbocycles. The van der Waals surface area contributed by atoms with Crippen LogP contribution in [-0.2, 0) is 14.8 Å². The fraction of sp³-hybridized carbons (Fsp3) is 0.238. The second-order valence-electron chi connectivity index (χ2n) is 6.72. The quantitative estimate of drug-likeness (QED) is 0.431. The summed E-state index contributed by atoms with van der Waals surface area (Å²) < 4.78 is 37.3. The van der Waals surface area contributed by atoms with Crippen molar-refractivity contribution in [1.82, 2.24) is 9.29 Å². The highest BCUT2D eigenvalue weighted by molar-refractivity contribution is 7.89. The standard InChI is InChI=1S/C21H22N4O4S2/c1-28-18-6-2-16(3-7-18)14-22-24-21-23-20(15-30-21)17-4-8-19(9-5-17)31(26,27)25-10-12-29-13-11-25/h2-9,14-15H,10-13H2,1H3,(H,23,24)/b22-14+. The third-order valence-electron chi connectivity index (χ3n) is 4.75. The van der Waals surface area contributed by atoms with Crippen molar-refractivity contribution in [2.75, 3.05) is 38.8 Å². The lowest BCUT2D eigenvalue weighted by atomic mass is 10.2. The van der Waals surface area contributed by atoms with Crippen molar-refractivity contribution >= 4 is 32.7 Å². The van der Waals surface area contributed by atoms with Crippen molar-refractivity contribution in [2.45, 2.75) is 4.90 Å². The fourth-order valence-corrected chi connectivity index (χ4v) is 5.12. The Kier molecular flexibility index (Phi) is 6.62. The van der Waals surface area contributed by atoms with Gasteiger partial charge in [-0.1, -0.05) is 12.1 Å². The molecule has 0 spiro atoms. The zero-order valence-corrected chi connectivity index (χ0v) is 18.5. The molecule has 4 rings (SSSR count). The zero-order chi connectivity index (χ0) is 21.7. The number of ether oxygens (including phenoxy) is 2. The molecule has 1 N–H and O–H groups in total. The van der Waals surface area contributed by atoms with Gasteiger partial charge in [-0.05, 0) is 42.0 Å². The smallest absolute Gasteiger partial charge is 0.243 e. The van der Waals surface area contributed by atoms with Gasteiger partial charge in [0.2, 0.25) is 15.2 Å². The number of methoxy groups -OCH3 is 1. The molecule has 3 aromatic rings. The third kappa shape index (κ3) is 5.10. The van der Waals surface area contributed by atoms with E-state index in [4.69, 9.17) is 9.47 Å². The SMILES string of the molecule is COc1ccc(/C=N/Nc2nc(-c3ccc(S(=O)(=O)N4CCOCC4)cc3)cs2)cc1. The highest BCUT2D eigenvalue weighted by Gasteiger charge is 2.26. The van der Waals surface area contributed by atoms with E-state index in [0.717, 1.165) is 22.6 Å². The number of nitrogens with zero attached hydrogens (tertiary/aromatic N) is 3. The number of aromatic nitrogens is 1. The molecule has 31 heavy (non-hydrogen) atoms. The maximum absolute atomic E-state index is 12.7. The van der Waals surface area contributed by atoms with Gasteiger partial charge in [0.1, 0.15) is 5.75 Å². The van der Waals surface area contributed by atoms with Crippen LogP contribution in [0.15, 0.2) is 63.9 Å². The number of sulfonamides is 1. The molecule has 0 radical (unpaired) electrons. The molecule has 162 valence electrons. The van der Waals surface area contributed by atoms with E-state index in [1.54, 1.807) is 37.6 Å². The molecule has 1 aliphatic heterocycles. The summed E-state index contributed by atoms with van der Waals surface area (Å²) in [5.41, 5.74) is 5.44. The minimum atomic E-state index is -3.50. The van der Waals surface area contributed by atoms with E-state index in [1.807, 2.05) is 29.6 Å². The van der Waals surface area contributed by atoms with Crippen LogP contribution < -0.4 is 10.2 Å². The van der Waals surface area contributed by atoms with E-state index in [0.29, 0.717) is 31.4 Å². The number of anilines is 1. The van der Waals surface area contributed by atoms with Gasteiger partial charge >= 0.3 is 0 Å². The van der Waals surface area contributed by atoms with E-state index in [2.05, 4.69) is 15.5 Å². The lowest BCUT2D eigenvalue weighted by Crippen LogP contribution is -2.40. The monoisotopic (exact) mass is 458 g/mol. The normalized spacial score (nSPS) is 15.3. The molecule has 0 aliphatic carbocycles. The number of morpholine rings is 1. The van der Waals surface area contributed by atoms with Gasteiger partial charge < -0.3 is 9.47 Å². The topological polar surface area (TPSA) is 93.1 Å². The van der Waals surface area contributed by atoms with E-state index < -0.39 is 10.0 Å². The molecule has 1 saturated heterocycles. The molecule has 0 amide bonds. The summed E-state index contributed by atoms with van der Waals surface area (Å²) in [5, 5.41) is 6.75. The molecule has 8 nitrogen and oxygen atoms in total. The van der Waals surface area contributed by atoms with Crippen molar-refractivity contribution in [3.05, 3.63) is 59.5 Å². The van der Waals surface area contributed by atoms with Crippen molar-refractivity contribution in [2.24, 2.45) is 5.10 Å². The number of thiazole rings is 1. The van der Waals surface area contributed by atoms with Gasteiger partial charge in [0.15, 0.2) is 0 Å². The van der Waals surface area contributed by atoms with Crippen LogP contribution in [0.2, 0.25) is 0 Å². The summed E-state index contributed by atoms with van der Waals surface area (Å²) in [5.74, 6) is 0.790. The first-order valence-electron chi connectivity index (χ1n) is 9.63. The largest absolute Gasteiger partial charge is 0.497 e. The highest BCUT2D eigenvalue weighted by atomic mass is 32.2. The summed E-state index contributed by atoms with van der Waals surface area (Å²) in [6.07, 6.45) is 1.70. The fourth-order valence-electron chi connectivity index (χ4n) is 3.04. The van der Waals surface area contributed by atoms with Crippen LogP contribution in [0.1, 0.15) is 5.56 Å². The Morgan fingerprint density at radius 1 is 1.13 bits per heavy atom. The molecule has 1 aromatic heterocycles. The number of hydrogen-bond donors (Lipinski definition) is 1. The first-order chi connectivity index (χ1) is 15.1. The van der Waals surface area contributed by atoms with E-state index in [9.17, 15) is 8.42 Å². The lowest BCUT2D eigenvalue weighted by Gasteiger charge is -2.26. The lowest BCUT2D eigenvalue weighted by molar-refractivity contribution is 0.0730. The minimum absolute atomic E-state index is 0.274. The van der Waals surface area contributed by atoms with Crippen LogP contribution in [-0.4, -0.2) is 57.3 Å². The average Bonchev–Trinajstić information content (AvgIpc) is 3.29. The maximum Gasteiger partial charge on any atom is 0.243 e. The van der Waals surface area contributed by atoms with Crippen LogP contribution in [0.3, 0.4) is 0 Å². The van der Waals surface area contributed by atoms with Gasteiger partial charge in [0, 0.05) is 24.0 Å². The van der Waals surface area contributed by atoms with Crippen molar-refractivity contribution in [1.29, 1.82) is 0 Å². The first-order valence-corrected chi connectivity index (χ1v) is 12.0. The van der Waals surface area contributed by atoms with Gasteiger partial charge in [0.05, 0.1) is 37.1 Å². The predicted octanol–water partition coefficient (Wildman–Crippen LogP) is 3.29. The van der Waals surface area contributed by atoms with E-state index in [1.165, 1.54) is 15.6 Å². The molecule has 0 atom stereocenters. The van der Waals surface area contributed by atoms with Gasteiger partial charge in [-0.25, -0.2) is 13.4 Å². The summed E-state index contributed by atoms with van der Waals surface area (Å²) in [4.78, 5) is 4.79. The second kappa shape index (κ2) is 9.56. The van der Waals surface area contributed by atoms with E-state index in [-0.39, 0.29) is 4.90 Å². The molecular weight excluding hydrogens is 436 g/mol. The molecular formula is C21H22N4O4S2. The Balaban J connectivity index is 1.41. The zero-order valence-electron chi connectivity index (χ0n) is 16.9. The summed E-state index contributed by atoms with van der Waals surface area (Å²) in [6.45, 7) is 1.60. The Morgan fingerprint density at radius 3 is 2.52 bits per heavy atom. The summed E-state index contributed by atoms with van der Waals surface area (Å²) in [6, 6.07) is 14.3. The molecule has 1 aliphatic rings. The molecule has 0 bridgehead atoms. The Morgan fingerprint density at radius 2 is 1.84 bits per heavy atom. The van der Waals surface area contributed by atoms with Crippen LogP contribution in [0, 0.1) is 0 Å². The molecule has 0 saturated carbocycles. The van der Waals surface area contributed by atoms with Crippen LogP contribution in [0.5, 0.6) is 5.75 Å². The molecule has 10 heteroatoms. The first kappa shape index (κ1) is 21.4. The molecule has 2 heterocycles. The maximum atomic E-state index is 12.7. The van der Waals surface area contributed by atoms with Crippen molar-refractivity contribution < 1.29 is 17.9 Å². The third-order valence-corrected chi connectivity index (χ3v) is 7.41.